The average molecular weight is 374 g/mol. The van der Waals surface area contributed by atoms with E-state index in [1.54, 1.807) is 0 Å². The maximum Gasteiger partial charge on any atom is 0.157 e. The standard InChI is InChI=1S/C24H26N2O2/c1-27-17-10-12-23(13-11-17)24(19-5-3-2-4-18(19)22(25)26-24)20-14-16(15-6-7-15)8-9-21(20)28-23/h2-5,8-9,14-15,17H,6-7,10-13H2,1H3,(H2,25,26). The lowest BCUT2D eigenvalue weighted by atomic mass is 9.65. The Balaban J connectivity index is 1.58. The van der Waals surface area contributed by atoms with Gasteiger partial charge >= 0.3 is 0 Å². The van der Waals surface area contributed by atoms with Gasteiger partial charge in [0.2, 0.25) is 0 Å². The number of aliphatic imine (C=N–C) groups is 1. The first-order valence-electron chi connectivity index (χ1n) is 10.5. The zero-order chi connectivity index (χ0) is 18.9. The van der Waals surface area contributed by atoms with Gasteiger partial charge in [-0.05, 0) is 67.7 Å². The largest absolute Gasteiger partial charge is 0.484 e. The van der Waals surface area contributed by atoms with Crippen LogP contribution < -0.4 is 10.5 Å². The Morgan fingerprint density at radius 2 is 1.82 bits per heavy atom. The molecule has 4 nitrogen and oxygen atoms in total. The molecule has 0 aromatic heterocycles. The predicted molar refractivity (Wildman–Crippen MR) is 109 cm³/mol. The minimum Gasteiger partial charge on any atom is -0.484 e. The van der Waals surface area contributed by atoms with Crippen molar-refractivity contribution in [2.24, 2.45) is 10.7 Å². The minimum atomic E-state index is -0.535. The average Bonchev–Trinajstić information content (AvgIpc) is 3.49. The van der Waals surface area contributed by atoms with Gasteiger partial charge in [-0.2, -0.15) is 0 Å². The maximum atomic E-state index is 6.81. The summed E-state index contributed by atoms with van der Waals surface area (Å²) >= 11 is 0. The van der Waals surface area contributed by atoms with E-state index in [1.165, 1.54) is 29.5 Å². The third kappa shape index (κ3) is 2.02. The van der Waals surface area contributed by atoms with Crippen molar-refractivity contribution in [2.75, 3.05) is 7.11 Å². The molecule has 2 aromatic carbocycles. The molecule has 28 heavy (non-hydrogen) atoms. The first kappa shape index (κ1) is 16.6. The van der Waals surface area contributed by atoms with Crippen molar-refractivity contribution in [3.63, 3.8) is 0 Å². The normalized spacial score (nSPS) is 32.9. The highest BCUT2D eigenvalue weighted by Gasteiger charge is 2.64. The highest BCUT2D eigenvalue weighted by molar-refractivity contribution is 6.03. The van der Waals surface area contributed by atoms with E-state index in [1.807, 2.05) is 13.2 Å². The summed E-state index contributed by atoms with van der Waals surface area (Å²) in [5, 5.41) is 0. The fourth-order valence-corrected chi connectivity index (χ4v) is 5.75. The van der Waals surface area contributed by atoms with Crippen molar-refractivity contribution in [1.82, 2.24) is 0 Å². The van der Waals surface area contributed by atoms with Crippen molar-refractivity contribution in [2.45, 2.75) is 61.7 Å². The molecule has 144 valence electrons. The van der Waals surface area contributed by atoms with Crippen LogP contribution in [0.3, 0.4) is 0 Å². The van der Waals surface area contributed by atoms with Crippen LogP contribution in [0.2, 0.25) is 0 Å². The van der Waals surface area contributed by atoms with E-state index in [2.05, 4.69) is 36.4 Å². The van der Waals surface area contributed by atoms with Crippen LogP contribution in [0.25, 0.3) is 0 Å². The van der Waals surface area contributed by atoms with Crippen molar-refractivity contribution in [1.29, 1.82) is 0 Å². The molecule has 2 aliphatic carbocycles. The number of ether oxygens (including phenoxy) is 2. The second-order valence-electron chi connectivity index (χ2n) is 8.81. The number of hydrogen-bond donors (Lipinski definition) is 1. The van der Waals surface area contributed by atoms with Gasteiger partial charge in [0.05, 0.1) is 6.10 Å². The molecule has 2 saturated carbocycles. The number of rotatable bonds is 2. The summed E-state index contributed by atoms with van der Waals surface area (Å²) in [5.74, 6) is 2.31. The molecular formula is C24H26N2O2. The van der Waals surface area contributed by atoms with Gasteiger partial charge in [-0.15, -0.1) is 0 Å². The highest BCUT2D eigenvalue weighted by Crippen LogP contribution is 2.62. The molecule has 0 amide bonds. The first-order chi connectivity index (χ1) is 13.7. The molecule has 1 atom stereocenters. The van der Waals surface area contributed by atoms with E-state index < -0.39 is 5.54 Å². The highest BCUT2D eigenvalue weighted by atomic mass is 16.5. The Kier molecular flexibility index (Phi) is 3.32. The lowest BCUT2D eigenvalue weighted by Crippen LogP contribution is -2.53. The number of amidine groups is 1. The van der Waals surface area contributed by atoms with Gasteiger partial charge in [0.1, 0.15) is 17.2 Å². The third-order valence-electron chi connectivity index (χ3n) is 7.36. The van der Waals surface area contributed by atoms with Gasteiger partial charge in [-0.1, -0.05) is 30.3 Å². The van der Waals surface area contributed by atoms with E-state index in [0.29, 0.717) is 17.9 Å². The van der Waals surface area contributed by atoms with Crippen LogP contribution in [0.1, 0.15) is 66.7 Å². The van der Waals surface area contributed by atoms with Crippen LogP contribution in [-0.2, 0) is 10.3 Å². The molecule has 0 bridgehead atoms. The van der Waals surface area contributed by atoms with Gasteiger partial charge in [0.25, 0.3) is 0 Å². The summed E-state index contributed by atoms with van der Waals surface area (Å²) in [4.78, 5) is 5.21. The van der Waals surface area contributed by atoms with Crippen LogP contribution in [0, 0.1) is 0 Å². The summed E-state index contributed by atoms with van der Waals surface area (Å²) in [7, 11) is 1.81. The molecule has 2 aromatic rings. The molecule has 2 heterocycles. The summed E-state index contributed by atoms with van der Waals surface area (Å²) in [6.45, 7) is 0. The Labute approximate surface area is 165 Å². The lowest BCUT2D eigenvalue weighted by Gasteiger charge is -2.45. The zero-order valence-electron chi connectivity index (χ0n) is 16.3. The molecule has 6 rings (SSSR count). The Hall–Kier alpha value is -2.33. The van der Waals surface area contributed by atoms with Gasteiger partial charge in [0, 0.05) is 18.2 Å². The lowest BCUT2D eigenvalue weighted by molar-refractivity contribution is -0.0441. The van der Waals surface area contributed by atoms with Crippen molar-refractivity contribution in [3.8, 4) is 5.75 Å². The summed E-state index contributed by atoms with van der Waals surface area (Å²) in [6, 6.07) is 15.2. The topological polar surface area (TPSA) is 56.8 Å². The van der Waals surface area contributed by atoms with Crippen LogP contribution >= 0.6 is 0 Å². The van der Waals surface area contributed by atoms with Crippen LogP contribution in [-0.4, -0.2) is 24.7 Å². The number of nitrogens with zero attached hydrogens (tertiary/aromatic N) is 1. The van der Waals surface area contributed by atoms with Crippen LogP contribution in [0.5, 0.6) is 5.75 Å². The van der Waals surface area contributed by atoms with E-state index in [-0.39, 0.29) is 5.60 Å². The van der Waals surface area contributed by atoms with E-state index in [4.69, 9.17) is 20.2 Å². The minimum absolute atomic E-state index is 0.301. The van der Waals surface area contributed by atoms with E-state index in [0.717, 1.165) is 37.0 Å². The Bertz CT molecular complexity index is 986. The Morgan fingerprint density at radius 1 is 1.04 bits per heavy atom. The van der Waals surface area contributed by atoms with Gasteiger partial charge in [-0.3, -0.25) is 0 Å². The number of hydrogen-bond acceptors (Lipinski definition) is 4. The number of benzene rings is 2. The second kappa shape index (κ2) is 5.60. The third-order valence-corrected chi connectivity index (χ3v) is 7.36. The first-order valence-corrected chi connectivity index (χ1v) is 10.5. The Morgan fingerprint density at radius 3 is 2.57 bits per heavy atom. The van der Waals surface area contributed by atoms with Crippen LogP contribution in [0.4, 0.5) is 0 Å². The molecule has 2 spiro atoms. The monoisotopic (exact) mass is 374 g/mol. The summed E-state index contributed by atoms with van der Waals surface area (Å²) in [5.41, 5.74) is 10.5. The van der Waals surface area contributed by atoms with Gasteiger partial charge in [-0.25, -0.2) is 4.99 Å². The number of methoxy groups -OCH3 is 1. The molecule has 4 heteroatoms. The molecule has 0 saturated heterocycles. The summed E-state index contributed by atoms with van der Waals surface area (Å²) < 4.78 is 12.5. The quantitative estimate of drug-likeness (QED) is 0.855. The van der Waals surface area contributed by atoms with Gasteiger partial charge in [0.15, 0.2) is 5.54 Å². The van der Waals surface area contributed by atoms with Crippen molar-refractivity contribution < 1.29 is 9.47 Å². The van der Waals surface area contributed by atoms with E-state index >= 15 is 0 Å². The maximum absolute atomic E-state index is 6.81. The fraction of sp³-hybridized carbons (Fsp3) is 0.458. The fourth-order valence-electron chi connectivity index (χ4n) is 5.75. The van der Waals surface area contributed by atoms with E-state index in [9.17, 15) is 0 Å². The molecule has 0 radical (unpaired) electrons. The molecule has 2 fully saturated rings. The number of nitrogens with two attached hydrogens (primary N) is 1. The SMILES string of the molecule is COC1CCC2(CC1)Oc1ccc(C3CC3)cc1C21N=C(N)c2ccccc21. The second-order valence-corrected chi connectivity index (χ2v) is 8.81. The molecule has 2 N–H and O–H groups in total. The molecule has 1 unspecified atom stereocenters. The number of fused-ring (bicyclic) bond motifs is 5. The van der Waals surface area contributed by atoms with Gasteiger partial charge < -0.3 is 15.2 Å². The van der Waals surface area contributed by atoms with Crippen LogP contribution in [0.15, 0.2) is 47.5 Å². The van der Waals surface area contributed by atoms with Crippen molar-refractivity contribution >= 4 is 5.84 Å². The smallest absolute Gasteiger partial charge is 0.157 e. The predicted octanol–water partition coefficient (Wildman–Crippen LogP) is 4.25. The zero-order valence-corrected chi connectivity index (χ0v) is 16.3. The molecule has 4 aliphatic rings. The molecule has 2 aliphatic heterocycles. The molecular weight excluding hydrogens is 348 g/mol. The van der Waals surface area contributed by atoms with Crippen molar-refractivity contribution in [3.05, 3.63) is 64.7 Å². The summed E-state index contributed by atoms with van der Waals surface area (Å²) in [6.07, 6.45) is 6.69.